The van der Waals surface area contributed by atoms with Gasteiger partial charge in [0.2, 0.25) is 29.4 Å². The van der Waals surface area contributed by atoms with E-state index in [0.29, 0.717) is 11.9 Å². The summed E-state index contributed by atoms with van der Waals surface area (Å²) in [5.74, 6) is -3.05. The van der Waals surface area contributed by atoms with E-state index in [9.17, 15) is 24.0 Å². The topological polar surface area (TPSA) is 225 Å². The van der Waals surface area contributed by atoms with Gasteiger partial charge in [-0.3, -0.25) is 29.0 Å². The van der Waals surface area contributed by atoms with Gasteiger partial charge in [0.05, 0.1) is 16.3 Å². The summed E-state index contributed by atoms with van der Waals surface area (Å²) in [4.78, 5) is 74.6. The summed E-state index contributed by atoms with van der Waals surface area (Å²) in [7, 11) is 0. The molecule has 2 aromatic carbocycles. The molecule has 0 fully saturated rings. The number of hydrogen-bond acceptors (Lipinski definition) is 8. The molecule has 3 rings (SSSR count). The molecule has 0 aliphatic heterocycles. The summed E-state index contributed by atoms with van der Waals surface area (Å²) in [5.41, 5.74) is 17.7. The summed E-state index contributed by atoms with van der Waals surface area (Å²) >= 11 is 1.22. The van der Waals surface area contributed by atoms with Crippen LogP contribution in [0.4, 0.5) is 0 Å². The van der Waals surface area contributed by atoms with Gasteiger partial charge in [0.25, 0.3) is 0 Å². The summed E-state index contributed by atoms with van der Waals surface area (Å²) in [6.07, 6.45) is 1.23. The Labute approximate surface area is 284 Å². The van der Waals surface area contributed by atoms with Crippen molar-refractivity contribution < 1.29 is 24.0 Å². The number of benzene rings is 2. The van der Waals surface area contributed by atoms with Gasteiger partial charge in [-0.1, -0.05) is 69.7 Å². The van der Waals surface area contributed by atoms with E-state index in [1.165, 1.54) is 11.3 Å². The number of para-hydroxylation sites is 1. The molecule has 1 heterocycles. The number of aliphatic imine (C=N–C) groups is 1. The number of nitrogens with one attached hydrogen (secondary N) is 3. The second-order valence-electron chi connectivity index (χ2n) is 11.9. The molecular formula is C34H46N8O5S. The number of nitrogens with zero attached hydrogens (tertiary/aromatic N) is 2. The molecule has 48 heavy (non-hydrogen) atoms. The standard InChI is InChI=1S/C34H46N8O5S/c1-4-20(2)21(3)30(45)40-25(16-17-28(35)43)31(46)41-26(19-22-11-6-5-7-12-22)32(47)39-24(14-10-18-38-34(36)37)29(44)33-42-23-13-8-9-15-27(23)48-33/h5-9,11-13,15,20-21,24-26H,4,10,14,16-19H2,1-3H3,(H2,35,43)(H,39,47)(H,40,45)(H,41,46)(H4,36,37,38)/t20?,21-,24-,25-,26-/m0/s1. The number of ketones is 1. The van der Waals surface area contributed by atoms with Crippen LogP contribution in [0, 0.1) is 11.8 Å². The first kappa shape index (κ1) is 37.6. The van der Waals surface area contributed by atoms with E-state index in [2.05, 4.69) is 25.9 Å². The lowest BCUT2D eigenvalue weighted by Crippen LogP contribution is -2.57. The highest BCUT2D eigenvalue weighted by molar-refractivity contribution is 7.20. The van der Waals surface area contributed by atoms with Crippen molar-refractivity contribution in [3.05, 3.63) is 65.2 Å². The molecule has 9 N–H and O–H groups in total. The Balaban J connectivity index is 1.88. The maximum absolute atomic E-state index is 14.0. The van der Waals surface area contributed by atoms with Gasteiger partial charge in [0.15, 0.2) is 11.0 Å². The van der Waals surface area contributed by atoms with Gasteiger partial charge in [0, 0.05) is 25.3 Å². The van der Waals surface area contributed by atoms with E-state index in [1.807, 2.05) is 50.2 Å². The molecule has 0 aliphatic rings. The summed E-state index contributed by atoms with van der Waals surface area (Å²) < 4.78 is 0.826. The van der Waals surface area contributed by atoms with Gasteiger partial charge in [-0.25, -0.2) is 4.98 Å². The molecule has 0 saturated heterocycles. The number of guanidine groups is 1. The Bertz CT molecular complexity index is 1560. The summed E-state index contributed by atoms with van der Waals surface area (Å²) in [5, 5.41) is 8.58. The zero-order valence-corrected chi connectivity index (χ0v) is 28.4. The molecule has 0 spiro atoms. The lowest BCUT2D eigenvalue weighted by Gasteiger charge is -2.26. The number of nitrogens with two attached hydrogens (primary N) is 3. The number of aromatic nitrogens is 1. The number of carbonyl (C=O) groups is 5. The van der Waals surface area contributed by atoms with Crippen molar-refractivity contribution in [1.82, 2.24) is 20.9 Å². The molecule has 0 radical (unpaired) electrons. The maximum atomic E-state index is 14.0. The number of thiazole rings is 1. The van der Waals surface area contributed by atoms with Gasteiger partial charge in [-0.15, -0.1) is 11.3 Å². The number of carbonyl (C=O) groups excluding carboxylic acids is 5. The summed E-state index contributed by atoms with van der Waals surface area (Å²) in [6, 6.07) is 13.1. The summed E-state index contributed by atoms with van der Waals surface area (Å²) in [6.45, 7) is 5.91. The Morgan fingerprint density at radius 3 is 2.08 bits per heavy atom. The highest BCUT2D eigenvalue weighted by atomic mass is 32.1. The zero-order valence-electron chi connectivity index (χ0n) is 27.6. The fourth-order valence-electron chi connectivity index (χ4n) is 4.97. The molecule has 4 amide bonds. The minimum atomic E-state index is -1.14. The predicted molar refractivity (Wildman–Crippen MR) is 187 cm³/mol. The second-order valence-corrected chi connectivity index (χ2v) is 12.9. The van der Waals surface area contributed by atoms with Crippen LogP contribution < -0.4 is 33.2 Å². The lowest BCUT2D eigenvalue weighted by molar-refractivity contribution is -0.134. The largest absolute Gasteiger partial charge is 0.370 e. The van der Waals surface area contributed by atoms with Gasteiger partial charge in [-0.05, 0) is 42.9 Å². The minimum absolute atomic E-state index is 0.0523. The molecule has 5 atom stereocenters. The van der Waals surface area contributed by atoms with E-state index in [4.69, 9.17) is 17.2 Å². The van der Waals surface area contributed by atoms with E-state index in [0.717, 1.165) is 16.7 Å². The van der Waals surface area contributed by atoms with E-state index in [-0.39, 0.29) is 60.8 Å². The SMILES string of the molecule is CCC(C)[C@H](C)C(=O)N[C@@H](CCC(N)=O)C(=O)N[C@@H](Cc1ccccc1)C(=O)N[C@@H](CCCN=C(N)N)C(=O)c1nc2ccccc2s1. The first-order valence-corrected chi connectivity index (χ1v) is 16.9. The van der Waals surface area contributed by atoms with Crippen molar-refractivity contribution in [1.29, 1.82) is 0 Å². The number of primary amides is 1. The highest BCUT2D eigenvalue weighted by Crippen LogP contribution is 2.23. The Hall–Kier alpha value is -4.85. The number of hydrogen-bond donors (Lipinski definition) is 6. The van der Waals surface area contributed by atoms with Crippen molar-refractivity contribution in [3.8, 4) is 0 Å². The van der Waals surface area contributed by atoms with Gasteiger partial charge >= 0.3 is 0 Å². The van der Waals surface area contributed by atoms with E-state index in [1.54, 1.807) is 25.1 Å². The maximum Gasteiger partial charge on any atom is 0.243 e. The Morgan fingerprint density at radius 1 is 0.812 bits per heavy atom. The van der Waals surface area contributed by atoms with Crippen LogP contribution in [-0.4, -0.2) is 65.0 Å². The van der Waals surface area contributed by atoms with Crippen molar-refractivity contribution in [2.24, 2.45) is 34.0 Å². The molecule has 13 nitrogen and oxygen atoms in total. The van der Waals surface area contributed by atoms with Crippen LogP contribution in [0.1, 0.15) is 68.2 Å². The van der Waals surface area contributed by atoms with Crippen LogP contribution in [0.25, 0.3) is 10.2 Å². The molecule has 14 heteroatoms. The highest BCUT2D eigenvalue weighted by Gasteiger charge is 2.32. The number of rotatable bonds is 19. The first-order chi connectivity index (χ1) is 22.9. The van der Waals surface area contributed by atoms with E-state index >= 15 is 0 Å². The van der Waals surface area contributed by atoms with Crippen LogP contribution in [0.15, 0.2) is 59.6 Å². The van der Waals surface area contributed by atoms with E-state index < -0.39 is 41.8 Å². The first-order valence-electron chi connectivity index (χ1n) is 16.1. The minimum Gasteiger partial charge on any atom is -0.370 e. The average molecular weight is 679 g/mol. The average Bonchev–Trinajstić information content (AvgIpc) is 3.51. The predicted octanol–water partition coefficient (Wildman–Crippen LogP) is 2.18. The van der Waals surface area contributed by atoms with Crippen LogP contribution in [0.3, 0.4) is 0 Å². The quantitative estimate of drug-likeness (QED) is 0.0476. The lowest BCUT2D eigenvalue weighted by atomic mass is 9.92. The third kappa shape index (κ3) is 11.4. The third-order valence-electron chi connectivity index (χ3n) is 8.22. The van der Waals surface area contributed by atoms with Crippen LogP contribution in [0.2, 0.25) is 0 Å². The molecule has 0 saturated carbocycles. The van der Waals surface area contributed by atoms with Crippen molar-refractivity contribution in [3.63, 3.8) is 0 Å². The molecule has 258 valence electrons. The number of fused-ring (bicyclic) bond motifs is 1. The van der Waals surface area contributed by atoms with Crippen molar-refractivity contribution in [2.75, 3.05) is 6.54 Å². The third-order valence-corrected chi connectivity index (χ3v) is 9.27. The van der Waals surface area contributed by atoms with Gasteiger partial charge in [-0.2, -0.15) is 0 Å². The van der Waals surface area contributed by atoms with Gasteiger partial charge in [0.1, 0.15) is 12.1 Å². The molecule has 3 aromatic rings. The molecule has 0 aliphatic carbocycles. The molecule has 0 bridgehead atoms. The fourth-order valence-corrected chi connectivity index (χ4v) is 5.93. The van der Waals surface area contributed by atoms with Crippen molar-refractivity contribution in [2.45, 2.75) is 77.4 Å². The zero-order chi connectivity index (χ0) is 35.2. The van der Waals surface area contributed by atoms with Crippen LogP contribution in [-0.2, 0) is 25.6 Å². The number of Topliss-reactive ketones (excluding diaryl/α,β-unsaturated/α-hetero) is 1. The fraction of sp³-hybridized carbons (Fsp3) is 0.441. The van der Waals surface area contributed by atoms with Crippen LogP contribution >= 0.6 is 11.3 Å². The second kappa shape index (κ2) is 18.5. The normalized spacial score (nSPS) is 14.1. The molecular weight excluding hydrogens is 632 g/mol. The van der Waals surface area contributed by atoms with Gasteiger partial charge < -0.3 is 33.2 Å². The van der Waals surface area contributed by atoms with Crippen molar-refractivity contribution >= 4 is 56.9 Å². The molecule has 1 aromatic heterocycles. The Kier molecular flexibility index (Phi) is 14.5. The smallest absolute Gasteiger partial charge is 0.243 e. The molecule has 1 unspecified atom stereocenters. The van der Waals surface area contributed by atoms with Crippen LogP contribution in [0.5, 0.6) is 0 Å². The number of amides is 4. The monoisotopic (exact) mass is 678 g/mol. The Morgan fingerprint density at radius 2 is 1.44 bits per heavy atom.